The Kier molecular flexibility index (Phi) is 5.70. The van der Waals surface area contributed by atoms with E-state index < -0.39 is 6.04 Å². The highest BCUT2D eigenvalue weighted by Crippen LogP contribution is 2.34. The molecule has 0 fully saturated rings. The molecule has 156 valence electrons. The lowest BCUT2D eigenvalue weighted by Crippen LogP contribution is -2.48. The van der Waals surface area contributed by atoms with E-state index in [-0.39, 0.29) is 29.9 Å². The Bertz CT molecular complexity index is 1030. The molecule has 0 aliphatic carbocycles. The maximum atomic E-state index is 14.7. The lowest BCUT2D eigenvalue weighted by molar-refractivity contribution is -0.134. The first-order chi connectivity index (χ1) is 14.6. The van der Waals surface area contributed by atoms with Crippen LogP contribution in [0.5, 0.6) is 0 Å². The monoisotopic (exact) mass is 409 g/mol. The van der Waals surface area contributed by atoms with Crippen LogP contribution in [0, 0.1) is 5.82 Å². The predicted octanol–water partition coefficient (Wildman–Crippen LogP) is 3.70. The fraction of sp³-hybridized carbons (Fsp3) is 0.304. The molecule has 7 heteroatoms. The number of carbonyl (C=O) groups is 2. The van der Waals surface area contributed by atoms with E-state index in [4.69, 9.17) is 4.42 Å². The van der Waals surface area contributed by atoms with E-state index in [1.807, 2.05) is 29.8 Å². The number of benzene rings is 1. The van der Waals surface area contributed by atoms with Gasteiger partial charge in [-0.3, -0.25) is 9.59 Å². The van der Waals surface area contributed by atoms with Gasteiger partial charge in [-0.2, -0.15) is 0 Å². The number of hydrogen-bond donors (Lipinski definition) is 0. The zero-order valence-electron chi connectivity index (χ0n) is 16.8. The minimum absolute atomic E-state index is 0.0843. The molecule has 6 nitrogen and oxygen atoms in total. The minimum Gasteiger partial charge on any atom is -0.459 e. The highest BCUT2D eigenvalue weighted by atomic mass is 19.1. The summed E-state index contributed by atoms with van der Waals surface area (Å²) in [5, 5.41) is 0. The SMILES string of the molecule is CCCN(CC(=O)N1CCn2cccc2C1c1ccccc1F)C(=O)c1ccco1. The van der Waals surface area contributed by atoms with Crippen LogP contribution in [0.15, 0.2) is 65.4 Å². The molecular weight excluding hydrogens is 385 g/mol. The van der Waals surface area contributed by atoms with E-state index in [0.29, 0.717) is 31.6 Å². The normalized spacial score (nSPS) is 15.7. The van der Waals surface area contributed by atoms with Crippen LogP contribution in [-0.4, -0.2) is 45.8 Å². The number of carbonyl (C=O) groups excluding carboxylic acids is 2. The first kappa shape index (κ1) is 19.9. The number of rotatable bonds is 6. The topological polar surface area (TPSA) is 58.7 Å². The Morgan fingerprint density at radius 1 is 1.13 bits per heavy atom. The van der Waals surface area contributed by atoms with E-state index >= 15 is 0 Å². The Balaban J connectivity index is 1.63. The van der Waals surface area contributed by atoms with Crippen molar-refractivity contribution in [1.29, 1.82) is 0 Å². The standard InChI is InChI=1S/C23H24FN3O3/c1-2-11-26(23(29)20-10-6-15-30-20)16-21(28)27-14-13-25-12-5-9-19(25)22(27)17-7-3-4-8-18(17)24/h3-10,12,15,22H,2,11,13-14,16H2,1H3. The number of halogens is 1. The summed E-state index contributed by atoms with van der Waals surface area (Å²) in [5.41, 5.74) is 1.31. The van der Waals surface area contributed by atoms with Crippen LogP contribution in [0.2, 0.25) is 0 Å². The number of amides is 2. The van der Waals surface area contributed by atoms with Crippen molar-refractivity contribution >= 4 is 11.8 Å². The summed E-state index contributed by atoms with van der Waals surface area (Å²) >= 11 is 0. The summed E-state index contributed by atoms with van der Waals surface area (Å²) in [6.45, 7) is 3.36. The number of hydrogen-bond acceptors (Lipinski definition) is 3. The van der Waals surface area contributed by atoms with Gasteiger partial charge in [0.05, 0.1) is 6.26 Å². The summed E-state index contributed by atoms with van der Waals surface area (Å²) in [6, 6.07) is 13.0. The number of aromatic nitrogens is 1. The number of furan rings is 1. The van der Waals surface area contributed by atoms with Crippen molar-refractivity contribution in [2.24, 2.45) is 0 Å². The average Bonchev–Trinajstić information content (AvgIpc) is 3.44. The smallest absolute Gasteiger partial charge is 0.290 e. The van der Waals surface area contributed by atoms with Crippen LogP contribution in [0.1, 0.15) is 41.2 Å². The lowest BCUT2D eigenvalue weighted by Gasteiger charge is -2.38. The molecule has 0 bridgehead atoms. The molecule has 30 heavy (non-hydrogen) atoms. The maximum Gasteiger partial charge on any atom is 0.290 e. The molecule has 0 N–H and O–H groups in total. The van der Waals surface area contributed by atoms with E-state index in [1.165, 1.54) is 17.2 Å². The molecule has 0 radical (unpaired) electrons. The molecule has 1 aromatic carbocycles. The molecule has 1 unspecified atom stereocenters. The van der Waals surface area contributed by atoms with Crippen LogP contribution >= 0.6 is 0 Å². The third-order valence-electron chi connectivity index (χ3n) is 5.40. The molecule has 1 aliphatic heterocycles. The second-order valence-corrected chi connectivity index (χ2v) is 7.34. The Hall–Kier alpha value is -3.35. The van der Waals surface area contributed by atoms with Crippen molar-refractivity contribution in [3.63, 3.8) is 0 Å². The van der Waals surface area contributed by atoms with E-state index in [1.54, 1.807) is 35.2 Å². The molecule has 1 aliphatic rings. The first-order valence-electron chi connectivity index (χ1n) is 10.1. The van der Waals surface area contributed by atoms with Crippen molar-refractivity contribution in [1.82, 2.24) is 14.4 Å². The Morgan fingerprint density at radius 2 is 1.97 bits per heavy atom. The quantitative estimate of drug-likeness (QED) is 0.624. The van der Waals surface area contributed by atoms with Gasteiger partial charge < -0.3 is 18.8 Å². The lowest BCUT2D eigenvalue weighted by atomic mass is 9.99. The van der Waals surface area contributed by atoms with E-state index in [9.17, 15) is 14.0 Å². The molecular formula is C23H24FN3O3. The van der Waals surface area contributed by atoms with Gasteiger partial charge in [0.25, 0.3) is 5.91 Å². The second kappa shape index (κ2) is 8.57. The molecule has 0 spiro atoms. The third-order valence-corrected chi connectivity index (χ3v) is 5.40. The average molecular weight is 409 g/mol. The highest BCUT2D eigenvalue weighted by molar-refractivity contribution is 5.94. The first-order valence-corrected chi connectivity index (χ1v) is 10.1. The zero-order valence-corrected chi connectivity index (χ0v) is 16.8. The summed E-state index contributed by atoms with van der Waals surface area (Å²) in [6.07, 6.45) is 4.08. The van der Waals surface area contributed by atoms with Crippen molar-refractivity contribution in [2.45, 2.75) is 25.9 Å². The molecule has 3 heterocycles. The van der Waals surface area contributed by atoms with Crippen molar-refractivity contribution < 1.29 is 18.4 Å². The van der Waals surface area contributed by atoms with Gasteiger partial charge in [-0.1, -0.05) is 25.1 Å². The zero-order chi connectivity index (χ0) is 21.1. The van der Waals surface area contributed by atoms with Gasteiger partial charge >= 0.3 is 0 Å². The van der Waals surface area contributed by atoms with Crippen LogP contribution in [0.4, 0.5) is 4.39 Å². The molecule has 0 saturated carbocycles. The summed E-state index contributed by atoms with van der Waals surface area (Å²) in [5.74, 6) is -0.691. The predicted molar refractivity (Wildman–Crippen MR) is 109 cm³/mol. The van der Waals surface area contributed by atoms with Gasteiger partial charge in [-0.05, 0) is 36.8 Å². The largest absolute Gasteiger partial charge is 0.459 e. The third kappa shape index (κ3) is 3.75. The van der Waals surface area contributed by atoms with Gasteiger partial charge in [0.1, 0.15) is 18.4 Å². The maximum absolute atomic E-state index is 14.7. The van der Waals surface area contributed by atoms with Gasteiger partial charge in [-0.15, -0.1) is 0 Å². The van der Waals surface area contributed by atoms with Crippen molar-refractivity contribution in [3.05, 3.63) is 83.8 Å². The van der Waals surface area contributed by atoms with Crippen molar-refractivity contribution in [3.8, 4) is 0 Å². The van der Waals surface area contributed by atoms with Gasteiger partial charge in [0.15, 0.2) is 5.76 Å². The van der Waals surface area contributed by atoms with Crippen LogP contribution in [0.25, 0.3) is 0 Å². The minimum atomic E-state index is -0.537. The Morgan fingerprint density at radius 3 is 2.70 bits per heavy atom. The van der Waals surface area contributed by atoms with Crippen LogP contribution in [-0.2, 0) is 11.3 Å². The number of fused-ring (bicyclic) bond motifs is 1. The van der Waals surface area contributed by atoms with Crippen molar-refractivity contribution in [2.75, 3.05) is 19.6 Å². The molecule has 1 atom stereocenters. The molecule has 0 saturated heterocycles. The molecule has 4 rings (SSSR count). The van der Waals surface area contributed by atoms with Gasteiger partial charge in [-0.25, -0.2) is 4.39 Å². The molecule has 2 amide bonds. The van der Waals surface area contributed by atoms with Gasteiger partial charge in [0.2, 0.25) is 5.91 Å². The fourth-order valence-corrected chi connectivity index (χ4v) is 4.01. The summed E-state index contributed by atoms with van der Waals surface area (Å²) < 4.78 is 21.9. The number of nitrogens with zero attached hydrogens (tertiary/aromatic N) is 3. The molecule has 2 aromatic heterocycles. The summed E-state index contributed by atoms with van der Waals surface area (Å²) in [7, 11) is 0. The molecule has 3 aromatic rings. The second-order valence-electron chi connectivity index (χ2n) is 7.34. The van der Waals surface area contributed by atoms with Crippen LogP contribution < -0.4 is 0 Å². The Labute approximate surface area is 174 Å². The van der Waals surface area contributed by atoms with Gasteiger partial charge in [0, 0.05) is 37.1 Å². The van der Waals surface area contributed by atoms with Crippen LogP contribution in [0.3, 0.4) is 0 Å². The fourth-order valence-electron chi connectivity index (χ4n) is 4.01. The van der Waals surface area contributed by atoms with E-state index in [2.05, 4.69) is 0 Å². The summed E-state index contributed by atoms with van der Waals surface area (Å²) in [4.78, 5) is 29.3. The van der Waals surface area contributed by atoms with E-state index in [0.717, 1.165) is 5.69 Å². The highest BCUT2D eigenvalue weighted by Gasteiger charge is 2.35.